The summed E-state index contributed by atoms with van der Waals surface area (Å²) in [5, 5.41) is 13.8. The molecular weight excluding hydrogens is 268 g/mol. The van der Waals surface area contributed by atoms with Crippen LogP contribution in [0.25, 0.3) is 0 Å². The number of hydrogen-bond acceptors (Lipinski definition) is 3. The predicted molar refractivity (Wildman–Crippen MR) is 83.2 cm³/mol. The van der Waals surface area contributed by atoms with E-state index in [4.69, 9.17) is 0 Å². The molecule has 0 fully saturated rings. The molecule has 21 heavy (non-hydrogen) atoms. The first-order valence-electron chi connectivity index (χ1n) is 7.56. The van der Waals surface area contributed by atoms with Crippen LogP contribution in [-0.2, 0) is 11.2 Å². The third-order valence-electron chi connectivity index (χ3n) is 3.44. The minimum Gasteiger partial charge on any atom is -0.353 e. The summed E-state index contributed by atoms with van der Waals surface area (Å²) in [6.45, 7) is 4.14. The highest BCUT2D eigenvalue weighted by atomic mass is 16.6. The van der Waals surface area contributed by atoms with Crippen molar-refractivity contribution in [2.24, 2.45) is 0 Å². The summed E-state index contributed by atoms with van der Waals surface area (Å²) in [6, 6.07) is 6.48. The van der Waals surface area contributed by atoms with Crippen molar-refractivity contribution in [3.63, 3.8) is 0 Å². The third kappa shape index (κ3) is 6.38. The zero-order valence-corrected chi connectivity index (χ0v) is 12.8. The monoisotopic (exact) mass is 292 g/mol. The van der Waals surface area contributed by atoms with E-state index in [-0.39, 0.29) is 24.1 Å². The molecule has 0 bridgehead atoms. The largest absolute Gasteiger partial charge is 0.353 e. The van der Waals surface area contributed by atoms with Crippen LogP contribution in [0.2, 0.25) is 0 Å². The number of nitro groups is 1. The zero-order valence-electron chi connectivity index (χ0n) is 12.8. The third-order valence-corrected chi connectivity index (χ3v) is 3.44. The lowest BCUT2D eigenvalue weighted by Gasteiger charge is -2.13. The van der Waals surface area contributed by atoms with Gasteiger partial charge in [0, 0.05) is 17.7 Å². The Morgan fingerprint density at radius 1 is 1.29 bits per heavy atom. The predicted octanol–water partition coefficient (Wildman–Crippen LogP) is 3.61. The first-order valence-corrected chi connectivity index (χ1v) is 7.56. The SMILES string of the molecule is CCCCCCC(C)NC(=O)Cc1ccccc1[N+](=O)[O-]. The van der Waals surface area contributed by atoms with Gasteiger partial charge < -0.3 is 5.32 Å². The van der Waals surface area contributed by atoms with E-state index in [9.17, 15) is 14.9 Å². The van der Waals surface area contributed by atoms with E-state index < -0.39 is 4.92 Å². The van der Waals surface area contributed by atoms with E-state index in [1.54, 1.807) is 18.2 Å². The summed E-state index contributed by atoms with van der Waals surface area (Å²) in [5.74, 6) is -0.160. The molecule has 1 unspecified atom stereocenters. The number of para-hydroxylation sites is 1. The maximum absolute atomic E-state index is 12.0. The van der Waals surface area contributed by atoms with Crippen LogP contribution in [0.4, 0.5) is 5.69 Å². The average Bonchev–Trinajstić information content (AvgIpc) is 2.43. The van der Waals surface area contributed by atoms with Gasteiger partial charge in [-0.05, 0) is 13.3 Å². The first-order chi connectivity index (χ1) is 10.0. The number of nitrogens with one attached hydrogen (secondary N) is 1. The molecule has 5 heteroatoms. The van der Waals surface area contributed by atoms with Crippen molar-refractivity contribution in [2.45, 2.75) is 58.4 Å². The number of carbonyl (C=O) groups excluding carboxylic acids is 1. The summed E-state index contributed by atoms with van der Waals surface area (Å²) in [4.78, 5) is 22.4. The molecule has 1 N–H and O–H groups in total. The van der Waals surface area contributed by atoms with E-state index in [0.717, 1.165) is 12.8 Å². The number of amides is 1. The van der Waals surface area contributed by atoms with E-state index in [1.165, 1.54) is 25.3 Å². The Balaban J connectivity index is 2.45. The highest BCUT2D eigenvalue weighted by Gasteiger charge is 2.16. The van der Waals surface area contributed by atoms with Gasteiger partial charge in [-0.3, -0.25) is 14.9 Å². The molecule has 0 aliphatic heterocycles. The Labute approximate surface area is 125 Å². The number of benzene rings is 1. The number of carbonyl (C=O) groups is 1. The van der Waals surface area contributed by atoms with Crippen molar-refractivity contribution in [3.8, 4) is 0 Å². The van der Waals surface area contributed by atoms with Gasteiger partial charge in [-0.25, -0.2) is 0 Å². The second-order valence-electron chi connectivity index (χ2n) is 5.38. The highest BCUT2D eigenvalue weighted by Crippen LogP contribution is 2.18. The smallest absolute Gasteiger partial charge is 0.273 e. The van der Waals surface area contributed by atoms with Gasteiger partial charge in [0.1, 0.15) is 0 Å². The standard InChI is InChI=1S/C16H24N2O3/c1-3-4-5-6-9-13(2)17-16(19)12-14-10-7-8-11-15(14)18(20)21/h7-8,10-11,13H,3-6,9,12H2,1-2H3,(H,17,19). The molecule has 1 aromatic carbocycles. The quantitative estimate of drug-likeness (QED) is 0.429. The minimum atomic E-state index is -0.448. The van der Waals surface area contributed by atoms with E-state index in [1.807, 2.05) is 6.92 Å². The fraction of sp³-hybridized carbons (Fsp3) is 0.562. The second kappa shape index (κ2) is 9.10. The van der Waals surface area contributed by atoms with E-state index >= 15 is 0 Å². The number of nitro benzene ring substituents is 1. The molecule has 0 radical (unpaired) electrons. The van der Waals surface area contributed by atoms with Crippen LogP contribution in [0.1, 0.15) is 51.5 Å². The van der Waals surface area contributed by atoms with Crippen LogP contribution in [-0.4, -0.2) is 16.9 Å². The first kappa shape index (κ1) is 17.1. The lowest BCUT2D eigenvalue weighted by atomic mass is 10.1. The fourth-order valence-corrected chi connectivity index (χ4v) is 2.29. The Morgan fingerprint density at radius 2 is 2.00 bits per heavy atom. The van der Waals surface area contributed by atoms with E-state index in [2.05, 4.69) is 12.2 Å². The van der Waals surface area contributed by atoms with Gasteiger partial charge in [0.05, 0.1) is 11.3 Å². The Hall–Kier alpha value is -1.91. The lowest BCUT2D eigenvalue weighted by Crippen LogP contribution is -2.33. The Bertz CT molecular complexity index is 474. The molecule has 0 heterocycles. The molecule has 0 aliphatic rings. The summed E-state index contributed by atoms with van der Waals surface area (Å²) < 4.78 is 0. The molecule has 1 aromatic rings. The Morgan fingerprint density at radius 3 is 2.67 bits per heavy atom. The fourth-order valence-electron chi connectivity index (χ4n) is 2.29. The van der Waals surface area contributed by atoms with Gasteiger partial charge in [0.15, 0.2) is 0 Å². The molecule has 0 spiro atoms. The topological polar surface area (TPSA) is 72.2 Å². The molecule has 1 atom stereocenters. The molecule has 5 nitrogen and oxygen atoms in total. The van der Waals surface area contributed by atoms with E-state index in [0.29, 0.717) is 5.56 Å². The second-order valence-corrected chi connectivity index (χ2v) is 5.38. The minimum absolute atomic E-state index is 0.00301. The van der Waals surface area contributed by atoms with Crippen molar-refractivity contribution in [1.82, 2.24) is 5.32 Å². The van der Waals surface area contributed by atoms with Gasteiger partial charge in [-0.15, -0.1) is 0 Å². The zero-order chi connectivity index (χ0) is 15.7. The van der Waals surface area contributed by atoms with Gasteiger partial charge in [-0.2, -0.15) is 0 Å². The number of hydrogen-bond donors (Lipinski definition) is 1. The van der Waals surface area contributed by atoms with Crippen molar-refractivity contribution in [2.75, 3.05) is 0 Å². The van der Waals surface area contributed by atoms with Crippen molar-refractivity contribution in [3.05, 3.63) is 39.9 Å². The molecule has 0 saturated carbocycles. The normalized spacial score (nSPS) is 11.9. The van der Waals surface area contributed by atoms with Gasteiger partial charge >= 0.3 is 0 Å². The van der Waals surface area contributed by atoms with Crippen molar-refractivity contribution in [1.29, 1.82) is 0 Å². The van der Waals surface area contributed by atoms with Crippen LogP contribution in [0.15, 0.2) is 24.3 Å². The molecule has 116 valence electrons. The van der Waals surface area contributed by atoms with Gasteiger partial charge in [0.2, 0.25) is 5.91 Å². The molecule has 1 amide bonds. The molecule has 0 saturated heterocycles. The van der Waals surface area contributed by atoms with Crippen LogP contribution in [0.3, 0.4) is 0 Å². The van der Waals surface area contributed by atoms with Crippen molar-refractivity contribution >= 4 is 11.6 Å². The van der Waals surface area contributed by atoms with Gasteiger partial charge in [-0.1, -0.05) is 50.8 Å². The summed E-state index contributed by atoms with van der Waals surface area (Å²) >= 11 is 0. The summed E-state index contributed by atoms with van der Waals surface area (Å²) in [7, 11) is 0. The Kier molecular flexibility index (Phi) is 7.43. The maximum atomic E-state index is 12.0. The van der Waals surface area contributed by atoms with Crippen molar-refractivity contribution < 1.29 is 9.72 Å². The lowest BCUT2D eigenvalue weighted by molar-refractivity contribution is -0.385. The van der Waals surface area contributed by atoms with Crippen LogP contribution in [0.5, 0.6) is 0 Å². The molecular formula is C16H24N2O3. The highest BCUT2D eigenvalue weighted by molar-refractivity contribution is 5.80. The number of unbranched alkanes of at least 4 members (excludes halogenated alkanes) is 3. The van der Waals surface area contributed by atoms with Crippen LogP contribution < -0.4 is 5.32 Å². The summed E-state index contributed by atoms with van der Waals surface area (Å²) in [6.07, 6.45) is 5.69. The van der Waals surface area contributed by atoms with Crippen LogP contribution >= 0.6 is 0 Å². The molecule has 0 aliphatic carbocycles. The average molecular weight is 292 g/mol. The summed E-state index contributed by atoms with van der Waals surface area (Å²) in [5.41, 5.74) is 0.460. The maximum Gasteiger partial charge on any atom is 0.273 e. The van der Waals surface area contributed by atoms with Gasteiger partial charge in [0.25, 0.3) is 5.69 Å². The van der Waals surface area contributed by atoms with Crippen LogP contribution in [0, 0.1) is 10.1 Å². The molecule has 1 rings (SSSR count). The molecule has 0 aromatic heterocycles. The number of nitrogens with zero attached hydrogens (tertiary/aromatic N) is 1. The number of rotatable bonds is 9.